The minimum atomic E-state index is -3.43. The van der Waals surface area contributed by atoms with Crippen LogP contribution < -0.4 is 14.8 Å². The number of para-hydroxylation sites is 1. The summed E-state index contributed by atoms with van der Waals surface area (Å²) in [5.74, 6) is 0.370. The third-order valence-corrected chi connectivity index (χ3v) is 6.02. The molecule has 170 valence electrons. The van der Waals surface area contributed by atoms with E-state index in [0.717, 1.165) is 34.0 Å². The summed E-state index contributed by atoms with van der Waals surface area (Å²) in [6.45, 7) is 0.358. The number of carbonyl (C=O) groups excluding carboxylic acids is 1. The molecular weight excluding hydrogens is 438 g/mol. The van der Waals surface area contributed by atoms with Crippen molar-refractivity contribution >= 4 is 32.5 Å². The fourth-order valence-corrected chi connectivity index (χ4v) is 4.42. The fraction of sp³-hybridized carbons (Fsp3) is 0.160. The molecule has 0 saturated carbocycles. The van der Waals surface area contributed by atoms with Gasteiger partial charge in [0.05, 0.1) is 13.4 Å². The molecule has 3 N–H and O–H groups in total. The average Bonchev–Trinajstić information content (AvgIpc) is 3.22. The molecule has 1 atom stereocenters. The number of rotatable bonds is 8. The van der Waals surface area contributed by atoms with Crippen LogP contribution in [-0.2, 0) is 10.0 Å². The van der Waals surface area contributed by atoms with Crippen LogP contribution in [0.4, 0.5) is 5.69 Å². The van der Waals surface area contributed by atoms with Gasteiger partial charge in [-0.2, -0.15) is 0 Å². The Morgan fingerprint density at radius 3 is 2.52 bits per heavy atom. The minimum absolute atomic E-state index is 0.103. The van der Waals surface area contributed by atoms with Crippen molar-refractivity contribution in [1.29, 1.82) is 0 Å². The van der Waals surface area contributed by atoms with Crippen molar-refractivity contribution < 1.29 is 17.9 Å². The number of sulfonamides is 1. The number of aromatic amines is 1. The normalized spacial score (nSPS) is 12.3. The fourth-order valence-electron chi connectivity index (χ4n) is 3.86. The standard InChI is InChI=1S/C25H25N3O4S/c1-32-20-12-10-17(11-13-20)22(23-16-26-24-9-4-3-8-21(23)24)15-27-25(29)18-6-5-7-19(14-18)28-33(2,30)31/h3-14,16,22,26,28H,15H2,1-2H3,(H,27,29). The van der Waals surface area contributed by atoms with Gasteiger partial charge in [0.25, 0.3) is 5.91 Å². The zero-order valence-corrected chi connectivity index (χ0v) is 19.1. The molecule has 0 spiro atoms. The maximum absolute atomic E-state index is 12.9. The first-order valence-corrected chi connectivity index (χ1v) is 12.3. The number of methoxy groups -OCH3 is 1. The highest BCUT2D eigenvalue weighted by molar-refractivity contribution is 7.92. The summed E-state index contributed by atoms with van der Waals surface area (Å²) >= 11 is 0. The number of amides is 1. The minimum Gasteiger partial charge on any atom is -0.497 e. The molecule has 0 saturated heterocycles. The van der Waals surface area contributed by atoms with Crippen molar-refractivity contribution in [3.8, 4) is 5.75 Å². The molecule has 0 aliphatic heterocycles. The molecule has 0 aliphatic carbocycles. The molecule has 3 aromatic carbocycles. The van der Waals surface area contributed by atoms with E-state index in [4.69, 9.17) is 4.74 Å². The van der Waals surface area contributed by atoms with E-state index in [9.17, 15) is 13.2 Å². The molecule has 1 unspecified atom stereocenters. The van der Waals surface area contributed by atoms with E-state index in [-0.39, 0.29) is 11.8 Å². The van der Waals surface area contributed by atoms with Gasteiger partial charge >= 0.3 is 0 Å². The first-order valence-electron chi connectivity index (χ1n) is 10.4. The number of fused-ring (bicyclic) bond motifs is 1. The number of benzene rings is 3. The second kappa shape index (κ2) is 9.38. The van der Waals surface area contributed by atoms with Gasteiger partial charge in [-0.05, 0) is 47.5 Å². The van der Waals surface area contributed by atoms with E-state index in [1.54, 1.807) is 25.3 Å². The van der Waals surface area contributed by atoms with Gasteiger partial charge in [0.1, 0.15) is 5.75 Å². The molecule has 1 amide bonds. The summed E-state index contributed by atoms with van der Waals surface area (Å²) in [6, 6.07) is 22.2. The number of hydrogen-bond donors (Lipinski definition) is 3. The van der Waals surface area contributed by atoms with Gasteiger partial charge in [-0.25, -0.2) is 8.42 Å². The number of H-pyrrole nitrogens is 1. The lowest BCUT2D eigenvalue weighted by molar-refractivity contribution is 0.0952. The van der Waals surface area contributed by atoms with E-state index < -0.39 is 10.0 Å². The largest absolute Gasteiger partial charge is 0.497 e. The highest BCUT2D eigenvalue weighted by Crippen LogP contribution is 2.31. The smallest absolute Gasteiger partial charge is 0.251 e. The second-order valence-corrected chi connectivity index (χ2v) is 9.53. The number of anilines is 1. The van der Waals surface area contributed by atoms with Crippen LogP contribution in [0.3, 0.4) is 0 Å². The maximum atomic E-state index is 12.9. The Morgan fingerprint density at radius 1 is 1.03 bits per heavy atom. The topological polar surface area (TPSA) is 100 Å². The number of hydrogen-bond acceptors (Lipinski definition) is 4. The van der Waals surface area contributed by atoms with Gasteiger partial charge in [0, 0.05) is 40.8 Å². The summed E-state index contributed by atoms with van der Waals surface area (Å²) in [5.41, 5.74) is 3.85. The molecule has 1 heterocycles. The molecule has 33 heavy (non-hydrogen) atoms. The van der Waals surface area contributed by atoms with E-state index in [0.29, 0.717) is 17.8 Å². The van der Waals surface area contributed by atoms with E-state index in [2.05, 4.69) is 21.1 Å². The maximum Gasteiger partial charge on any atom is 0.251 e. The highest BCUT2D eigenvalue weighted by Gasteiger charge is 2.20. The summed E-state index contributed by atoms with van der Waals surface area (Å²) in [6.07, 6.45) is 3.04. The van der Waals surface area contributed by atoms with Gasteiger partial charge in [0.15, 0.2) is 0 Å². The van der Waals surface area contributed by atoms with Gasteiger partial charge in [-0.1, -0.05) is 36.4 Å². The summed E-state index contributed by atoms with van der Waals surface area (Å²) in [5, 5.41) is 4.10. The molecule has 0 aliphatic rings. The number of nitrogens with one attached hydrogen (secondary N) is 3. The van der Waals surface area contributed by atoms with Crippen molar-refractivity contribution in [2.75, 3.05) is 24.6 Å². The molecular formula is C25H25N3O4S. The number of aromatic nitrogens is 1. The zero-order chi connectivity index (χ0) is 23.4. The Balaban J connectivity index is 1.61. The molecule has 4 rings (SSSR count). The molecule has 0 bridgehead atoms. The first-order chi connectivity index (χ1) is 15.8. The molecule has 8 heteroatoms. The predicted molar refractivity (Wildman–Crippen MR) is 130 cm³/mol. The van der Waals surface area contributed by atoms with Crippen LogP contribution in [0.25, 0.3) is 10.9 Å². The Labute approximate surface area is 192 Å². The lowest BCUT2D eigenvalue weighted by Gasteiger charge is -2.19. The predicted octanol–water partition coefficient (Wildman–Crippen LogP) is 4.11. The van der Waals surface area contributed by atoms with Crippen LogP contribution in [-0.4, -0.2) is 39.2 Å². The quantitative estimate of drug-likeness (QED) is 0.366. The lowest BCUT2D eigenvalue weighted by atomic mass is 9.90. The van der Waals surface area contributed by atoms with Crippen LogP contribution >= 0.6 is 0 Å². The molecule has 7 nitrogen and oxygen atoms in total. The Bertz CT molecular complexity index is 1380. The Hall–Kier alpha value is -3.78. The highest BCUT2D eigenvalue weighted by atomic mass is 32.2. The van der Waals surface area contributed by atoms with Crippen LogP contribution in [0.5, 0.6) is 5.75 Å². The van der Waals surface area contributed by atoms with Crippen LogP contribution in [0, 0.1) is 0 Å². The lowest BCUT2D eigenvalue weighted by Crippen LogP contribution is -2.29. The van der Waals surface area contributed by atoms with Crippen LogP contribution in [0.1, 0.15) is 27.4 Å². The Kier molecular flexibility index (Phi) is 6.37. The van der Waals surface area contributed by atoms with Crippen LogP contribution in [0.2, 0.25) is 0 Å². The second-order valence-electron chi connectivity index (χ2n) is 7.78. The third-order valence-electron chi connectivity index (χ3n) is 5.41. The Morgan fingerprint density at radius 2 is 1.79 bits per heavy atom. The van der Waals surface area contributed by atoms with Crippen molar-refractivity contribution in [1.82, 2.24) is 10.3 Å². The first kappa shape index (κ1) is 22.4. The molecule has 0 radical (unpaired) electrons. The average molecular weight is 464 g/mol. The van der Waals surface area contributed by atoms with Crippen molar-refractivity contribution in [2.24, 2.45) is 0 Å². The molecule has 4 aromatic rings. The number of carbonyl (C=O) groups is 1. The summed E-state index contributed by atoms with van der Waals surface area (Å²) in [7, 11) is -1.81. The van der Waals surface area contributed by atoms with Crippen LogP contribution in [0.15, 0.2) is 79.0 Å². The van der Waals surface area contributed by atoms with Gasteiger partial charge < -0.3 is 15.0 Å². The van der Waals surface area contributed by atoms with Crippen molar-refractivity contribution in [2.45, 2.75) is 5.92 Å². The van der Waals surface area contributed by atoms with Crippen molar-refractivity contribution in [3.63, 3.8) is 0 Å². The van der Waals surface area contributed by atoms with Gasteiger partial charge in [-0.3, -0.25) is 9.52 Å². The SMILES string of the molecule is COc1ccc(C(CNC(=O)c2cccc(NS(C)(=O)=O)c2)c2c[nH]c3ccccc23)cc1. The molecule has 0 fully saturated rings. The molecule has 1 aromatic heterocycles. The monoisotopic (exact) mass is 463 g/mol. The summed E-state index contributed by atoms with van der Waals surface area (Å²) < 4.78 is 30.7. The van der Waals surface area contributed by atoms with E-state index in [1.165, 1.54) is 6.07 Å². The zero-order valence-electron chi connectivity index (χ0n) is 18.3. The van der Waals surface area contributed by atoms with Crippen molar-refractivity contribution in [3.05, 3.63) is 95.7 Å². The van der Waals surface area contributed by atoms with E-state index >= 15 is 0 Å². The van der Waals surface area contributed by atoms with Gasteiger partial charge in [-0.15, -0.1) is 0 Å². The van der Waals surface area contributed by atoms with Gasteiger partial charge in [0.2, 0.25) is 10.0 Å². The van der Waals surface area contributed by atoms with E-state index in [1.807, 2.05) is 48.7 Å². The number of ether oxygens (including phenoxy) is 1. The third kappa shape index (κ3) is 5.35. The summed E-state index contributed by atoms with van der Waals surface area (Å²) in [4.78, 5) is 16.2.